The summed E-state index contributed by atoms with van der Waals surface area (Å²) in [5.41, 5.74) is 0.796. The minimum atomic E-state index is -1.02. The van der Waals surface area contributed by atoms with Gasteiger partial charge in [-0.25, -0.2) is 4.79 Å². The summed E-state index contributed by atoms with van der Waals surface area (Å²) in [6.07, 6.45) is 9.69. The van der Waals surface area contributed by atoms with Crippen molar-refractivity contribution in [3.8, 4) is 0 Å². The summed E-state index contributed by atoms with van der Waals surface area (Å²) < 4.78 is 29.9. The van der Waals surface area contributed by atoms with Crippen LogP contribution < -0.4 is 0 Å². The first-order chi connectivity index (χ1) is 23.2. The Bertz CT molecular complexity index is 1080. The predicted octanol–water partition coefficient (Wildman–Crippen LogP) is 5.05. The third-order valence-corrected chi connectivity index (χ3v) is 11.1. The highest BCUT2D eigenvalue weighted by atomic mass is 16.5. The summed E-state index contributed by atoms with van der Waals surface area (Å²) >= 11 is 0. The number of allylic oxidation sites excluding steroid dienone is 2. The van der Waals surface area contributed by atoms with Crippen molar-refractivity contribution < 1.29 is 48.9 Å². The normalized spacial score (nSPS) is 41.1. The van der Waals surface area contributed by atoms with Crippen molar-refractivity contribution in [1.82, 2.24) is 0 Å². The third-order valence-electron chi connectivity index (χ3n) is 11.1. The predicted molar refractivity (Wildman–Crippen MR) is 189 cm³/mol. The highest BCUT2D eigenvalue weighted by Gasteiger charge is 2.39. The molecule has 3 aliphatic heterocycles. The quantitative estimate of drug-likeness (QED) is 0.201. The van der Waals surface area contributed by atoms with E-state index < -0.39 is 48.3 Å². The van der Waals surface area contributed by atoms with E-state index >= 15 is 0 Å². The Morgan fingerprint density at radius 3 is 2.31 bits per heavy atom. The lowest BCUT2D eigenvalue weighted by Crippen LogP contribution is -2.45. The van der Waals surface area contributed by atoms with E-state index in [1.165, 1.54) is 6.08 Å². The Kier molecular flexibility index (Phi) is 17.4. The van der Waals surface area contributed by atoms with Crippen LogP contribution in [0.3, 0.4) is 0 Å². The molecule has 0 aromatic heterocycles. The number of aliphatic hydroxyl groups excluding tert-OH is 4. The number of hydrogen-bond acceptors (Lipinski definition) is 10. The van der Waals surface area contributed by atoms with Gasteiger partial charge >= 0.3 is 5.97 Å². The molecular weight excluding hydrogens is 628 g/mol. The van der Waals surface area contributed by atoms with E-state index in [0.717, 1.165) is 24.8 Å². The molecule has 49 heavy (non-hydrogen) atoms. The largest absolute Gasteiger partial charge is 0.458 e. The fourth-order valence-electron chi connectivity index (χ4n) is 7.67. The molecule has 4 N–H and O–H groups in total. The average molecular weight is 695 g/mol. The maximum absolute atomic E-state index is 13.2. The molecule has 3 rings (SSSR count). The van der Waals surface area contributed by atoms with Gasteiger partial charge in [0, 0.05) is 50.9 Å². The van der Waals surface area contributed by atoms with Gasteiger partial charge in [0.25, 0.3) is 0 Å². The van der Waals surface area contributed by atoms with Gasteiger partial charge in [0.2, 0.25) is 0 Å². The Morgan fingerprint density at radius 1 is 0.898 bits per heavy atom. The number of ether oxygens (including phenoxy) is 5. The molecule has 3 aliphatic rings. The maximum Gasteiger partial charge on any atom is 0.331 e. The zero-order chi connectivity index (χ0) is 36.2. The van der Waals surface area contributed by atoms with Gasteiger partial charge in [-0.3, -0.25) is 0 Å². The number of cyclic esters (lactones) is 1. The van der Waals surface area contributed by atoms with E-state index in [1.807, 2.05) is 39.8 Å². The molecule has 15 atom stereocenters. The molecule has 0 spiro atoms. The van der Waals surface area contributed by atoms with Crippen LogP contribution in [0.2, 0.25) is 0 Å². The van der Waals surface area contributed by atoms with Crippen LogP contribution >= 0.6 is 0 Å². The van der Waals surface area contributed by atoms with Crippen molar-refractivity contribution in [2.75, 3.05) is 14.2 Å². The van der Waals surface area contributed by atoms with Crippen LogP contribution in [0.4, 0.5) is 0 Å². The molecule has 10 nitrogen and oxygen atoms in total. The SMILES string of the molecule is COC1CC2CC=CC(CC(O)C/C=C(C)/C=C/C(=O)OC(C(C)C(O)C(C)CC[C@@H]3C[C@@H](OC)C[C@@H](C)O3)C(C)C(O)CC(O)C1C)O2. The summed E-state index contributed by atoms with van der Waals surface area (Å²) in [4.78, 5) is 13.2. The zero-order valence-corrected chi connectivity index (χ0v) is 31.1. The van der Waals surface area contributed by atoms with Crippen molar-refractivity contribution >= 4 is 5.97 Å². The Hall–Kier alpha value is -1.63. The molecule has 1 fully saturated rings. The van der Waals surface area contributed by atoms with Crippen LogP contribution in [-0.2, 0) is 28.5 Å². The summed E-state index contributed by atoms with van der Waals surface area (Å²) in [6, 6.07) is 0. The van der Waals surface area contributed by atoms with Crippen molar-refractivity contribution in [1.29, 1.82) is 0 Å². The lowest BCUT2D eigenvalue weighted by molar-refractivity contribution is -0.157. The smallest absolute Gasteiger partial charge is 0.331 e. The van der Waals surface area contributed by atoms with Gasteiger partial charge in [-0.15, -0.1) is 0 Å². The van der Waals surface area contributed by atoms with Crippen LogP contribution in [0.1, 0.15) is 99.3 Å². The van der Waals surface area contributed by atoms with Gasteiger partial charge in [0.1, 0.15) is 6.10 Å². The highest BCUT2D eigenvalue weighted by molar-refractivity contribution is 5.82. The number of hydrogen-bond donors (Lipinski definition) is 4. The fraction of sp³-hybridized carbons (Fsp3) is 0.821. The van der Waals surface area contributed by atoms with Gasteiger partial charge in [0.05, 0.1) is 61.0 Å². The standard InChI is InChI=1S/C39H66O10/c1-23-12-15-29(40)19-30-10-9-11-31(48-30)21-36(46-8)26(4)34(41)22-35(42)27(5)39(49-37(43)17-13-23)28(6)38(44)24(2)14-16-32-20-33(45-7)18-25(3)47-32/h9-10,12-13,17,24-36,38-42,44H,11,14-16,18-22H2,1-8H3/b17-13+,23-12+/t24?,25-,26?,27?,28?,29?,30?,31?,32-,33+,34?,35?,36?,38?,39?/m1/s1. The van der Waals surface area contributed by atoms with Crippen LogP contribution in [0.25, 0.3) is 0 Å². The van der Waals surface area contributed by atoms with Gasteiger partial charge in [-0.1, -0.05) is 57.6 Å². The molecule has 0 aromatic carbocycles. The molecule has 0 saturated carbocycles. The topological polar surface area (TPSA) is 144 Å². The molecule has 1 saturated heterocycles. The van der Waals surface area contributed by atoms with Crippen LogP contribution in [0.5, 0.6) is 0 Å². The third kappa shape index (κ3) is 13.1. The number of rotatable bonds is 8. The number of aliphatic hydroxyl groups is 4. The van der Waals surface area contributed by atoms with Crippen LogP contribution in [-0.4, -0.2) is 108 Å². The molecule has 12 unspecified atom stereocenters. The maximum atomic E-state index is 13.2. The van der Waals surface area contributed by atoms with E-state index in [2.05, 4.69) is 13.0 Å². The summed E-state index contributed by atoms with van der Waals surface area (Å²) in [7, 11) is 3.35. The Balaban J connectivity index is 1.80. The van der Waals surface area contributed by atoms with Crippen LogP contribution in [0, 0.1) is 23.7 Å². The Morgan fingerprint density at radius 2 is 1.61 bits per heavy atom. The van der Waals surface area contributed by atoms with Crippen molar-refractivity contribution in [3.63, 3.8) is 0 Å². The lowest BCUT2D eigenvalue weighted by atomic mass is 9.78. The number of fused-ring (bicyclic) bond motifs is 2. The van der Waals surface area contributed by atoms with E-state index in [9.17, 15) is 25.2 Å². The first kappa shape index (κ1) is 41.8. The molecule has 0 radical (unpaired) electrons. The fourth-order valence-corrected chi connectivity index (χ4v) is 7.67. The summed E-state index contributed by atoms with van der Waals surface area (Å²) in [6.45, 7) is 11.5. The summed E-state index contributed by atoms with van der Waals surface area (Å²) in [5, 5.41) is 45.1. The van der Waals surface area contributed by atoms with E-state index in [-0.39, 0.29) is 54.9 Å². The second-order valence-corrected chi connectivity index (χ2v) is 15.2. The first-order valence-electron chi connectivity index (χ1n) is 18.5. The molecule has 10 heteroatoms. The van der Waals surface area contributed by atoms with Gasteiger partial charge < -0.3 is 44.1 Å². The zero-order valence-electron chi connectivity index (χ0n) is 31.1. The van der Waals surface area contributed by atoms with Crippen LogP contribution in [0.15, 0.2) is 36.0 Å². The lowest BCUT2D eigenvalue weighted by Gasteiger charge is -2.38. The summed E-state index contributed by atoms with van der Waals surface area (Å²) in [5.74, 6) is -2.14. The van der Waals surface area contributed by atoms with Gasteiger partial charge in [-0.2, -0.15) is 0 Å². The average Bonchev–Trinajstić information content (AvgIpc) is 3.08. The van der Waals surface area contributed by atoms with Crippen molar-refractivity contribution in [2.24, 2.45) is 23.7 Å². The molecule has 282 valence electrons. The van der Waals surface area contributed by atoms with E-state index in [0.29, 0.717) is 32.1 Å². The second-order valence-electron chi connectivity index (χ2n) is 15.2. The molecule has 0 amide bonds. The minimum absolute atomic E-state index is 0.0460. The first-order valence-corrected chi connectivity index (χ1v) is 18.5. The molecule has 0 aromatic rings. The number of carbonyl (C=O) groups is 1. The van der Waals surface area contributed by atoms with Crippen molar-refractivity contribution in [2.45, 2.75) is 166 Å². The molecule has 3 heterocycles. The van der Waals surface area contributed by atoms with Gasteiger partial charge in [-0.05, 0) is 64.7 Å². The minimum Gasteiger partial charge on any atom is -0.458 e. The second kappa shape index (κ2) is 20.4. The number of esters is 1. The molecule has 0 aliphatic carbocycles. The van der Waals surface area contributed by atoms with Crippen molar-refractivity contribution in [3.05, 3.63) is 36.0 Å². The molecular formula is C39H66O10. The molecule has 2 bridgehead atoms. The highest BCUT2D eigenvalue weighted by Crippen LogP contribution is 2.33. The number of methoxy groups -OCH3 is 2. The number of carbonyl (C=O) groups excluding carboxylic acids is 1. The van der Waals surface area contributed by atoms with E-state index in [4.69, 9.17) is 23.7 Å². The Labute approximate surface area is 294 Å². The monoisotopic (exact) mass is 694 g/mol. The van der Waals surface area contributed by atoms with Gasteiger partial charge in [0.15, 0.2) is 0 Å². The van der Waals surface area contributed by atoms with E-state index in [1.54, 1.807) is 27.2 Å².